The zero-order chi connectivity index (χ0) is 9.35. The molecule has 0 aromatic heterocycles. The highest BCUT2D eigenvalue weighted by Crippen LogP contribution is 2.22. The first kappa shape index (κ1) is 8.92. The summed E-state index contributed by atoms with van der Waals surface area (Å²) in [6.45, 7) is 0. The molecule has 0 amide bonds. The number of hydrogen-bond acceptors (Lipinski definition) is 3. The van der Waals surface area contributed by atoms with Gasteiger partial charge in [0.15, 0.2) is 0 Å². The van der Waals surface area contributed by atoms with Crippen LogP contribution < -0.4 is 5.73 Å². The van der Waals surface area contributed by atoms with Crippen LogP contribution in [0.2, 0.25) is 0 Å². The van der Waals surface area contributed by atoms with Crippen molar-refractivity contribution in [2.75, 3.05) is 5.73 Å². The summed E-state index contributed by atoms with van der Waals surface area (Å²) in [4.78, 5) is -0.831. The van der Waals surface area contributed by atoms with Gasteiger partial charge in [0.2, 0.25) is 0 Å². The first-order valence-corrected chi connectivity index (χ1v) is 4.30. The topological polar surface area (TPSA) is 60.2 Å². The largest absolute Gasteiger partial charge is 0.395 e. The lowest BCUT2D eigenvalue weighted by Crippen LogP contribution is -2.00. The van der Waals surface area contributed by atoms with Gasteiger partial charge in [0.1, 0.15) is 10.7 Å². The van der Waals surface area contributed by atoms with Crippen molar-refractivity contribution in [3.63, 3.8) is 0 Å². The molecule has 12 heavy (non-hydrogen) atoms. The lowest BCUT2D eigenvalue weighted by atomic mass is 10.3. The molecule has 0 unspecified atom stereocenters. The Morgan fingerprint density at radius 3 is 2.33 bits per heavy atom. The molecule has 0 aliphatic heterocycles. The first-order valence-electron chi connectivity index (χ1n) is 2.91. The molecular weight excluding hydrogens is 188 g/mol. The van der Waals surface area contributed by atoms with Gasteiger partial charge >= 0.3 is 10.2 Å². The monoisotopic (exact) mass is 193 g/mol. The van der Waals surface area contributed by atoms with Crippen LogP contribution in [-0.4, -0.2) is 8.42 Å². The van der Waals surface area contributed by atoms with Crippen molar-refractivity contribution in [3.8, 4) is 0 Å². The average Bonchev–Trinajstić information content (AvgIpc) is 1.92. The summed E-state index contributed by atoms with van der Waals surface area (Å²) < 4.78 is 45.4. The molecular formula is C6H5F2NO2S. The predicted molar refractivity (Wildman–Crippen MR) is 39.1 cm³/mol. The number of benzene rings is 1. The Kier molecular flexibility index (Phi) is 2.01. The minimum Gasteiger partial charge on any atom is -0.395 e. The number of halogens is 2. The molecule has 1 aromatic carbocycles. The van der Waals surface area contributed by atoms with Crippen LogP contribution in [0.15, 0.2) is 23.1 Å². The van der Waals surface area contributed by atoms with Crippen molar-refractivity contribution >= 4 is 15.9 Å². The number of rotatable bonds is 1. The van der Waals surface area contributed by atoms with Crippen LogP contribution in [0.25, 0.3) is 0 Å². The fraction of sp³-hybridized carbons (Fsp3) is 0. The van der Waals surface area contributed by atoms with E-state index in [1.54, 1.807) is 0 Å². The van der Waals surface area contributed by atoms with Gasteiger partial charge in [0, 0.05) is 0 Å². The highest BCUT2D eigenvalue weighted by atomic mass is 32.3. The predicted octanol–water partition coefficient (Wildman–Crippen LogP) is 1.07. The van der Waals surface area contributed by atoms with Crippen molar-refractivity contribution in [2.24, 2.45) is 0 Å². The molecule has 1 aromatic rings. The third kappa shape index (κ3) is 1.53. The van der Waals surface area contributed by atoms with E-state index in [1.807, 2.05) is 0 Å². The molecule has 0 saturated carbocycles. The summed E-state index contributed by atoms with van der Waals surface area (Å²) in [5.74, 6) is -0.950. The molecule has 0 heterocycles. The molecule has 0 atom stereocenters. The van der Waals surface area contributed by atoms with Crippen molar-refractivity contribution in [2.45, 2.75) is 4.90 Å². The maximum Gasteiger partial charge on any atom is 0.334 e. The minimum absolute atomic E-state index is 0.694. The van der Waals surface area contributed by atoms with Crippen LogP contribution in [0, 0.1) is 5.82 Å². The van der Waals surface area contributed by atoms with E-state index in [9.17, 15) is 16.7 Å². The number of anilines is 1. The highest BCUT2D eigenvalue weighted by Gasteiger charge is 2.17. The summed E-state index contributed by atoms with van der Waals surface area (Å²) in [6, 6.07) is 2.91. The van der Waals surface area contributed by atoms with E-state index in [4.69, 9.17) is 5.73 Å². The van der Waals surface area contributed by atoms with Crippen LogP contribution in [0.3, 0.4) is 0 Å². The normalized spacial score (nSPS) is 11.5. The van der Waals surface area contributed by atoms with E-state index >= 15 is 0 Å². The standard InChI is InChI=1S/C6H5F2NO2S/c7-4-2-1-3-5(6(4)9)12(8,10)11/h1-3H,9H2. The molecule has 1 rings (SSSR count). The Morgan fingerprint density at radius 1 is 1.33 bits per heavy atom. The molecule has 0 radical (unpaired) electrons. The zero-order valence-corrected chi connectivity index (χ0v) is 6.61. The quantitative estimate of drug-likeness (QED) is 0.536. The first-order chi connectivity index (χ1) is 5.43. The third-order valence-corrected chi connectivity index (χ3v) is 2.16. The third-order valence-electron chi connectivity index (χ3n) is 1.28. The van der Waals surface area contributed by atoms with Gasteiger partial charge in [-0.2, -0.15) is 8.42 Å². The lowest BCUT2D eigenvalue weighted by Gasteiger charge is -1.99. The second-order valence-corrected chi connectivity index (χ2v) is 3.41. The van der Waals surface area contributed by atoms with Crippen LogP contribution >= 0.6 is 0 Å². The molecule has 0 spiro atoms. The van der Waals surface area contributed by atoms with Crippen molar-refractivity contribution in [1.29, 1.82) is 0 Å². The van der Waals surface area contributed by atoms with Crippen LogP contribution in [0.4, 0.5) is 14.0 Å². The van der Waals surface area contributed by atoms with E-state index in [2.05, 4.69) is 0 Å². The summed E-state index contributed by atoms with van der Waals surface area (Å²) in [5, 5.41) is 0. The van der Waals surface area contributed by atoms with E-state index in [1.165, 1.54) is 0 Å². The number of hydrogen-bond donors (Lipinski definition) is 1. The maximum absolute atomic E-state index is 12.6. The molecule has 2 N–H and O–H groups in total. The Bertz CT molecular complexity index is 402. The maximum atomic E-state index is 12.6. The fourth-order valence-corrected chi connectivity index (χ4v) is 1.33. The molecule has 6 heteroatoms. The second kappa shape index (κ2) is 2.71. The summed E-state index contributed by atoms with van der Waals surface area (Å²) in [5.41, 5.74) is 4.28. The Labute approximate surface area is 68.0 Å². The van der Waals surface area contributed by atoms with Crippen molar-refractivity contribution in [3.05, 3.63) is 24.0 Å². The van der Waals surface area contributed by atoms with Crippen molar-refractivity contribution < 1.29 is 16.7 Å². The van der Waals surface area contributed by atoms with E-state index < -0.39 is 26.6 Å². The molecule has 0 fully saturated rings. The van der Waals surface area contributed by atoms with Gasteiger partial charge in [-0.25, -0.2) is 4.39 Å². The molecule has 3 nitrogen and oxygen atoms in total. The Morgan fingerprint density at radius 2 is 1.92 bits per heavy atom. The van der Waals surface area contributed by atoms with Gasteiger partial charge in [-0.3, -0.25) is 0 Å². The zero-order valence-electron chi connectivity index (χ0n) is 5.79. The molecule has 0 saturated heterocycles. The average molecular weight is 193 g/mol. The molecule has 0 aliphatic carbocycles. The van der Waals surface area contributed by atoms with E-state index in [0.29, 0.717) is 0 Å². The van der Waals surface area contributed by atoms with Gasteiger partial charge in [0.25, 0.3) is 0 Å². The summed E-state index contributed by atoms with van der Waals surface area (Å²) >= 11 is 0. The second-order valence-electron chi connectivity index (χ2n) is 2.09. The van der Waals surface area contributed by atoms with Gasteiger partial charge in [-0.15, -0.1) is 3.89 Å². The molecule has 0 aliphatic rings. The van der Waals surface area contributed by atoms with Gasteiger partial charge in [-0.1, -0.05) is 6.07 Å². The smallest absolute Gasteiger partial charge is 0.334 e. The SMILES string of the molecule is Nc1c(F)cccc1S(=O)(=O)F. The van der Waals surface area contributed by atoms with Gasteiger partial charge < -0.3 is 5.73 Å². The summed E-state index contributed by atoms with van der Waals surface area (Å²) in [6.07, 6.45) is 0. The number of nitrogen functional groups attached to an aromatic ring is 1. The molecule has 66 valence electrons. The van der Waals surface area contributed by atoms with E-state index in [-0.39, 0.29) is 0 Å². The highest BCUT2D eigenvalue weighted by molar-refractivity contribution is 7.86. The minimum atomic E-state index is -4.92. The van der Waals surface area contributed by atoms with E-state index in [0.717, 1.165) is 18.2 Å². The van der Waals surface area contributed by atoms with Gasteiger partial charge in [0.05, 0.1) is 5.69 Å². The number of para-hydroxylation sites is 1. The van der Waals surface area contributed by atoms with Crippen molar-refractivity contribution in [1.82, 2.24) is 0 Å². The fourth-order valence-electron chi connectivity index (χ4n) is 0.730. The van der Waals surface area contributed by atoms with Crippen LogP contribution in [0.5, 0.6) is 0 Å². The Balaban J connectivity index is 3.47. The Hall–Kier alpha value is -1.17. The lowest BCUT2D eigenvalue weighted by molar-refractivity contribution is 0.550. The number of nitrogens with two attached hydrogens (primary N) is 1. The summed E-state index contributed by atoms with van der Waals surface area (Å²) in [7, 11) is -4.92. The van der Waals surface area contributed by atoms with Crippen LogP contribution in [0.1, 0.15) is 0 Å². The van der Waals surface area contributed by atoms with Crippen LogP contribution in [-0.2, 0) is 10.2 Å². The van der Waals surface area contributed by atoms with Gasteiger partial charge in [-0.05, 0) is 12.1 Å². The molecule has 0 bridgehead atoms.